The van der Waals surface area contributed by atoms with E-state index in [4.69, 9.17) is 17.3 Å². The first-order chi connectivity index (χ1) is 10.0. The Morgan fingerprint density at radius 2 is 2.33 bits per heavy atom. The van der Waals surface area contributed by atoms with Gasteiger partial charge in [0.05, 0.1) is 5.39 Å². The average Bonchev–Trinajstić information content (AvgIpc) is 2.75. The summed E-state index contributed by atoms with van der Waals surface area (Å²) in [5.74, 6) is 2.15. The fourth-order valence-corrected chi connectivity index (χ4v) is 5.06. The largest absolute Gasteiger partial charge is 0.383 e. The number of thioether (sulfide) groups is 1. The van der Waals surface area contributed by atoms with Gasteiger partial charge in [-0.05, 0) is 37.7 Å². The van der Waals surface area contributed by atoms with Gasteiger partial charge < -0.3 is 5.73 Å². The van der Waals surface area contributed by atoms with E-state index >= 15 is 0 Å². The van der Waals surface area contributed by atoms with Crippen LogP contribution in [-0.2, 0) is 12.8 Å². The number of fused-ring (bicyclic) bond motifs is 3. The van der Waals surface area contributed by atoms with Crippen molar-refractivity contribution < 1.29 is 0 Å². The van der Waals surface area contributed by atoms with Crippen LogP contribution in [0.25, 0.3) is 10.2 Å². The van der Waals surface area contributed by atoms with Crippen molar-refractivity contribution in [2.24, 2.45) is 5.92 Å². The topological polar surface area (TPSA) is 51.8 Å². The van der Waals surface area contributed by atoms with Gasteiger partial charge in [0, 0.05) is 15.7 Å². The highest BCUT2D eigenvalue weighted by molar-refractivity contribution is 7.99. The Bertz CT molecular complexity index is 704. The molecule has 0 aliphatic heterocycles. The minimum atomic E-state index is 0.626. The van der Waals surface area contributed by atoms with Crippen molar-refractivity contribution in [1.29, 1.82) is 0 Å². The van der Waals surface area contributed by atoms with Gasteiger partial charge in [0.1, 0.15) is 10.6 Å². The summed E-state index contributed by atoms with van der Waals surface area (Å²) in [6.07, 6.45) is 5.43. The van der Waals surface area contributed by atoms with Crippen LogP contribution in [-0.4, -0.2) is 15.7 Å². The highest BCUT2D eigenvalue weighted by atomic mass is 35.5. The van der Waals surface area contributed by atoms with Crippen molar-refractivity contribution in [3.8, 4) is 0 Å². The lowest BCUT2D eigenvalue weighted by molar-refractivity contribution is 0.509. The van der Waals surface area contributed by atoms with Gasteiger partial charge in [-0.15, -0.1) is 11.3 Å². The molecule has 0 saturated heterocycles. The fourth-order valence-electron chi connectivity index (χ4n) is 2.65. The molecule has 6 heteroatoms. The predicted octanol–water partition coefficient (Wildman–Crippen LogP) is 4.63. The third-order valence-corrected chi connectivity index (χ3v) is 5.82. The molecule has 2 aromatic rings. The second kappa shape index (κ2) is 6.15. The summed E-state index contributed by atoms with van der Waals surface area (Å²) in [5.41, 5.74) is 7.58. The number of halogens is 1. The van der Waals surface area contributed by atoms with Gasteiger partial charge in [-0.2, -0.15) is 0 Å². The van der Waals surface area contributed by atoms with Gasteiger partial charge >= 0.3 is 0 Å². The van der Waals surface area contributed by atoms with E-state index in [1.165, 1.54) is 16.9 Å². The van der Waals surface area contributed by atoms with Gasteiger partial charge in [0.2, 0.25) is 0 Å². The van der Waals surface area contributed by atoms with Crippen LogP contribution in [0, 0.1) is 5.92 Å². The Kier molecular flexibility index (Phi) is 4.43. The van der Waals surface area contributed by atoms with E-state index in [1.54, 1.807) is 23.1 Å². The summed E-state index contributed by atoms with van der Waals surface area (Å²) < 4.78 is 0. The van der Waals surface area contributed by atoms with Gasteiger partial charge in [-0.3, -0.25) is 0 Å². The number of rotatable bonds is 3. The van der Waals surface area contributed by atoms with Crippen LogP contribution in [0.4, 0.5) is 5.82 Å². The van der Waals surface area contributed by atoms with Crippen LogP contribution in [0.2, 0.25) is 0 Å². The van der Waals surface area contributed by atoms with E-state index in [1.807, 2.05) is 13.0 Å². The molecule has 0 amide bonds. The van der Waals surface area contributed by atoms with Crippen molar-refractivity contribution >= 4 is 50.7 Å². The van der Waals surface area contributed by atoms with Crippen LogP contribution in [0.1, 0.15) is 30.7 Å². The molecular formula is C15H18ClN3S2. The number of aromatic nitrogens is 2. The lowest BCUT2D eigenvalue weighted by atomic mass is 9.89. The van der Waals surface area contributed by atoms with Crippen LogP contribution < -0.4 is 5.73 Å². The number of hydrogen-bond donors (Lipinski definition) is 1. The minimum Gasteiger partial charge on any atom is -0.383 e. The molecule has 2 aromatic heterocycles. The summed E-state index contributed by atoms with van der Waals surface area (Å²) in [7, 11) is 0. The molecule has 0 radical (unpaired) electrons. The van der Waals surface area contributed by atoms with Gasteiger partial charge in [-0.25, -0.2) is 9.97 Å². The number of anilines is 1. The molecule has 3 rings (SSSR count). The van der Waals surface area contributed by atoms with Crippen LogP contribution in [0.3, 0.4) is 0 Å². The van der Waals surface area contributed by atoms with E-state index in [2.05, 4.69) is 16.9 Å². The highest BCUT2D eigenvalue weighted by Crippen LogP contribution is 2.39. The molecule has 0 bridgehead atoms. The third kappa shape index (κ3) is 3.20. The molecule has 1 aliphatic carbocycles. The van der Waals surface area contributed by atoms with Crippen LogP contribution in [0.5, 0.6) is 0 Å². The number of aryl methyl sites for hydroxylation is 1. The quantitative estimate of drug-likeness (QED) is 0.654. The molecule has 2 heterocycles. The first kappa shape index (κ1) is 15.1. The SMILES string of the molecule is C/C(Cl)=C\CSc1nc(N)c2c3c(sc2n1)C[C@H](C)CC3. The molecule has 112 valence electrons. The summed E-state index contributed by atoms with van der Waals surface area (Å²) in [6.45, 7) is 4.18. The van der Waals surface area contributed by atoms with E-state index < -0.39 is 0 Å². The minimum absolute atomic E-state index is 0.626. The summed E-state index contributed by atoms with van der Waals surface area (Å²) in [5, 5.41) is 2.62. The van der Waals surface area contributed by atoms with Gasteiger partial charge in [0.25, 0.3) is 0 Å². The Morgan fingerprint density at radius 3 is 3.10 bits per heavy atom. The number of nitrogen functional groups attached to an aromatic ring is 1. The van der Waals surface area contributed by atoms with Gasteiger partial charge in [0.15, 0.2) is 5.16 Å². The second-order valence-corrected chi connectivity index (χ2v) is 8.19. The normalized spacial score (nSPS) is 19.0. The zero-order valence-electron chi connectivity index (χ0n) is 12.1. The Balaban J connectivity index is 1.95. The Hall–Kier alpha value is -0.780. The summed E-state index contributed by atoms with van der Waals surface area (Å²) in [6, 6.07) is 0. The molecule has 1 aliphatic rings. The number of thiophene rings is 1. The van der Waals surface area contributed by atoms with Gasteiger partial charge in [-0.1, -0.05) is 36.4 Å². The molecule has 0 fully saturated rings. The maximum atomic E-state index is 6.19. The van der Waals surface area contributed by atoms with E-state index in [0.717, 1.165) is 44.9 Å². The van der Waals surface area contributed by atoms with E-state index in [0.29, 0.717) is 5.82 Å². The molecule has 0 saturated carbocycles. The molecule has 0 spiro atoms. The first-order valence-corrected chi connectivity index (χ1v) is 9.25. The monoisotopic (exact) mass is 339 g/mol. The molecule has 21 heavy (non-hydrogen) atoms. The van der Waals surface area contributed by atoms with Crippen LogP contribution in [0.15, 0.2) is 16.3 Å². The molecule has 2 N–H and O–H groups in total. The number of nitrogens with two attached hydrogens (primary N) is 1. The molecule has 0 aromatic carbocycles. The van der Waals surface area contributed by atoms with Crippen molar-refractivity contribution in [3.05, 3.63) is 21.5 Å². The fraction of sp³-hybridized carbons (Fsp3) is 0.467. The second-order valence-electron chi connectivity index (χ2n) is 5.53. The molecular weight excluding hydrogens is 322 g/mol. The molecule has 1 atom stereocenters. The molecule has 0 unspecified atom stereocenters. The van der Waals surface area contributed by atoms with Crippen LogP contribution >= 0.6 is 34.7 Å². The number of allylic oxidation sites excluding steroid dienone is 1. The standard InChI is InChI=1S/C15H18ClN3S2/c1-8-3-4-10-11(7-8)21-14-12(10)13(17)18-15(19-14)20-6-5-9(2)16/h5,8H,3-4,6-7H2,1-2H3,(H2,17,18,19)/b9-5+/t8-/m1/s1. The van der Waals surface area contributed by atoms with E-state index in [-0.39, 0.29) is 0 Å². The summed E-state index contributed by atoms with van der Waals surface area (Å²) in [4.78, 5) is 11.6. The van der Waals surface area contributed by atoms with Crippen molar-refractivity contribution in [1.82, 2.24) is 9.97 Å². The highest BCUT2D eigenvalue weighted by Gasteiger charge is 2.23. The molecule has 3 nitrogen and oxygen atoms in total. The van der Waals surface area contributed by atoms with Crippen molar-refractivity contribution in [3.63, 3.8) is 0 Å². The Morgan fingerprint density at radius 1 is 1.52 bits per heavy atom. The third-order valence-electron chi connectivity index (χ3n) is 3.74. The van der Waals surface area contributed by atoms with E-state index in [9.17, 15) is 0 Å². The smallest absolute Gasteiger partial charge is 0.191 e. The maximum Gasteiger partial charge on any atom is 0.191 e. The zero-order chi connectivity index (χ0) is 15.0. The summed E-state index contributed by atoms with van der Waals surface area (Å²) >= 11 is 9.19. The van der Waals surface area contributed by atoms with Crippen molar-refractivity contribution in [2.75, 3.05) is 11.5 Å². The van der Waals surface area contributed by atoms with Crippen molar-refractivity contribution in [2.45, 2.75) is 38.3 Å². The zero-order valence-corrected chi connectivity index (χ0v) is 14.5. The Labute approximate surface area is 138 Å². The lowest BCUT2D eigenvalue weighted by Crippen LogP contribution is -2.09. The lowest BCUT2D eigenvalue weighted by Gasteiger charge is -2.17. The average molecular weight is 340 g/mol. The number of hydrogen-bond acceptors (Lipinski definition) is 5. The number of nitrogens with zero attached hydrogens (tertiary/aromatic N) is 2. The first-order valence-electron chi connectivity index (χ1n) is 7.07. The maximum absolute atomic E-state index is 6.19. The predicted molar refractivity (Wildman–Crippen MR) is 93.4 cm³/mol.